The van der Waals surface area contributed by atoms with Crippen LogP contribution < -0.4 is 0 Å². The molecule has 1 aliphatic heterocycles. The topological polar surface area (TPSA) is 66.8 Å². The van der Waals surface area contributed by atoms with E-state index in [0.29, 0.717) is 16.1 Å². The number of aliphatic carboxylic acids is 1. The second-order valence-electron chi connectivity index (χ2n) is 5.68. The summed E-state index contributed by atoms with van der Waals surface area (Å²) in [6.07, 6.45) is -1.37. The highest BCUT2D eigenvalue weighted by Crippen LogP contribution is 2.32. The number of halogens is 1. The minimum atomic E-state index is -1.08. The summed E-state index contributed by atoms with van der Waals surface area (Å²) in [7, 11) is 0. The molecule has 0 spiro atoms. The van der Waals surface area contributed by atoms with Crippen LogP contribution in [0.5, 0.6) is 0 Å². The van der Waals surface area contributed by atoms with Crippen molar-refractivity contribution < 1.29 is 23.8 Å². The monoisotopic (exact) mass is 337 g/mol. The van der Waals surface area contributed by atoms with Crippen LogP contribution in [0.15, 0.2) is 18.2 Å². The molecule has 1 aromatic heterocycles. The van der Waals surface area contributed by atoms with Crippen molar-refractivity contribution in [3.63, 3.8) is 0 Å². The van der Waals surface area contributed by atoms with Crippen LogP contribution in [0.3, 0.4) is 0 Å². The molecule has 23 heavy (non-hydrogen) atoms. The molecule has 0 bridgehead atoms. The standard InChI is InChI=1S/C16H16FNO4S/c1-8-6-18(7-12(22-8)16(20)21)15(19)14-9(2)11-4-3-10(17)5-13(11)23-14/h3-5,8,12H,6-7H2,1-2H3,(H,20,21)/t8-,12?/m1/s1. The number of ether oxygens (including phenoxy) is 1. The maximum absolute atomic E-state index is 13.4. The van der Waals surface area contributed by atoms with Gasteiger partial charge in [0, 0.05) is 11.2 Å². The molecule has 1 unspecified atom stereocenters. The number of benzene rings is 1. The maximum Gasteiger partial charge on any atom is 0.334 e. The van der Waals surface area contributed by atoms with Gasteiger partial charge >= 0.3 is 5.97 Å². The maximum atomic E-state index is 13.4. The molecule has 0 radical (unpaired) electrons. The number of fused-ring (bicyclic) bond motifs is 1. The molecule has 2 heterocycles. The number of nitrogens with zero attached hydrogens (tertiary/aromatic N) is 1. The van der Waals surface area contributed by atoms with Gasteiger partial charge in [-0.15, -0.1) is 11.3 Å². The first-order valence-electron chi connectivity index (χ1n) is 7.23. The first-order chi connectivity index (χ1) is 10.9. The number of carbonyl (C=O) groups is 2. The summed E-state index contributed by atoms with van der Waals surface area (Å²) in [5.41, 5.74) is 0.793. The molecule has 0 saturated carbocycles. The summed E-state index contributed by atoms with van der Waals surface area (Å²) >= 11 is 1.23. The number of rotatable bonds is 2. The minimum absolute atomic E-state index is 0.0144. The van der Waals surface area contributed by atoms with E-state index in [1.165, 1.54) is 28.4 Å². The zero-order valence-electron chi connectivity index (χ0n) is 12.7. The number of thiophene rings is 1. The summed E-state index contributed by atoms with van der Waals surface area (Å²) in [6, 6.07) is 4.44. The van der Waals surface area contributed by atoms with Crippen LogP contribution in [0.4, 0.5) is 4.39 Å². The van der Waals surface area contributed by atoms with E-state index < -0.39 is 12.1 Å². The Balaban J connectivity index is 1.93. The van der Waals surface area contributed by atoms with Crippen molar-refractivity contribution >= 4 is 33.3 Å². The van der Waals surface area contributed by atoms with Gasteiger partial charge in [-0.2, -0.15) is 0 Å². The third-order valence-electron chi connectivity index (χ3n) is 3.92. The SMILES string of the molecule is Cc1c(C(=O)N2CC(C(=O)O)O[C@H](C)C2)sc2cc(F)ccc12. The Morgan fingerprint density at radius 1 is 1.39 bits per heavy atom. The van der Waals surface area contributed by atoms with Gasteiger partial charge in [0.05, 0.1) is 17.5 Å². The quantitative estimate of drug-likeness (QED) is 0.915. The second kappa shape index (κ2) is 5.90. The number of hydrogen-bond donors (Lipinski definition) is 1. The van der Waals surface area contributed by atoms with Crippen molar-refractivity contribution in [1.82, 2.24) is 4.90 Å². The summed E-state index contributed by atoms with van der Waals surface area (Å²) < 4.78 is 19.4. The van der Waals surface area contributed by atoms with Crippen molar-refractivity contribution in [2.75, 3.05) is 13.1 Å². The van der Waals surface area contributed by atoms with Gasteiger partial charge in [0.2, 0.25) is 0 Å². The number of carboxylic acid groups (broad SMARTS) is 1. The van der Waals surface area contributed by atoms with Gasteiger partial charge < -0.3 is 14.7 Å². The summed E-state index contributed by atoms with van der Waals surface area (Å²) in [5, 5.41) is 9.97. The molecule has 1 amide bonds. The highest BCUT2D eigenvalue weighted by molar-refractivity contribution is 7.21. The zero-order chi connectivity index (χ0) is 16.7. The van der Waals surface area contributed by atoms with Crippen LogP contribution in [-0.2, 0) is 9.53 Å². The van der Waals surface area contributed by atoms with Gasteiger partial charge in [0.15, 0.2) is 6.10 Å². The Bertz CT molecular complexity index is 788. The Morgan fingerprint density at radius 3 is 2.83 bits per heavy atom. The number of carbonyl (C=O) groups excluding carboxylic acids is 1. The third-order valence-corrected chi connectivity index (χ3v) is 5.16. The molecule has 1 aliphatic rings. The van der Waals surface area contributed by atoms with Gasteiger partial charge in [-0.3, -0.25) is 4.79 Å². The number of morpholine rings is 1. The highest BCUT2D eigenvalue weighted by Gasteiger charge is 2.34. The Hall–Kier alpha value is -1.99. The minimum Gasteiger partial charge on any atom is -0.479 e. The largest absolute Gasteiger partial charge is 0.479 e. The third kappa shape index (κ3) is 2.94. The average molecular weight is 337 g/mol. The van der Waals surface area contributed by atoms with Crippen LogP contribution in [-0.4, -0.2) is 47.2 Å². The summed E-state index contributed by atoms with van der Waals surface area (Å²) in [6.45, 7) is 3.91. The Labute approximate surface area is 136 Å². The molecule has 1 fully saturated rings. The van der Waals surface area contributed by atoms with E-state index in [2.05, 4.69) is 0 Å². The van der Waals surface area contributed by atoms with Gasteiger partial charge in [0.25, 0.3) is 5.91 Å². The van der Waals surface area contributed by atoms with E-state index in [1.807, 2.05) is 6.92 Å². The van der Waals surface area contributed by atoms with E-state index in [4.69, 9.17) is 9.84 Å². The lowest BCUT2D eigenvalue weighted by Gasteiger charge is -2.34. The molecule has 1 aromatic carbocycles. The number of amides is 1. The molecule has 2 atom stereocenters. The Morgan fingerprint density at radius 2 is 2.13 bits per heavy atom. The summed E-state index contributed by atoms with van der Waals surface area (Å²) in [5.74, 6) is -1.65. The van der Waals surface area contributed by atoms with Crippen LogP contribution in [0.2, 0.25) is 0 Å². The normalized spacial score (nSPS) is 21.6. The van der Waals surface area contributed by atoms with Crippen LogP contribution in [0.1, 0.15) is 22.2 Å². The molecular weight excluding hydrogens is 321 g/mol. The number of hydrogen-bond acceptors (Lipinski definition) is 4. The molecule has 3 rings (SSSR count). The van der Waals surface area contributed by atoms with Crippen LogP contribution in [0, 0.1) is 12.7 Å². The van der Waals surface area contributed by atoms with Crippen molar-refractivity contribution in [3.05, 3.63) is 34.5 Å². The second-order valence-corrected chi connectivity index (χ2v) is 6.73. The smallest absolute Gasteiger partial charge is 0.334 e. The average Bonchev–Trinajstić information content (AvgIpc) is 2.82. The van der Waals surface area contributed by atoms with E-state index in [0.717, 1.165) is 10.9 Å². The first-order valence-corrected chi connectivity index (χ1v) is 8.04. The first kappa shape index (κ1) is 15.9. The van der Waals surface area contributed by atoms with Gasteiger partial charge in [-0.05, 0) is 36.9 Å². The molecule has 5 nitrogen and oxygen atoms in total. The fourth-order valence-electron chi connectivity index (χ4n) is 2.80. The van der Waals surface area contributed by atoms with E-state index in [1.54, 1.807) is 13.0 Å². The molecule has 0 aliphatic carbocycles. The Kier molecular flexibility index (Phi) is 4.08. The number of aryl methyl sites for hydroxylation is 1. The van der Waals surface area contributed by atoms with Gasteiger partial charge in [-0.25, -0.2) is 9.18 Å². The van der Waals surface area contributed by atoms with E-state index in [-0.39, 0.29) is 24.4 Å². The molecule has 1 N–H and O–H groups in total. The molecule has 1 saturated heterocycles. The summed E-state index contributed by atoms with van der Waals surface area (Å²) in [4.78, 5) is 25.9. The lowest BCUT2D eigenvalue weighted by molar-refractivity contribution is -0.160. The fraction of sp³-hybridized carbons (Fsp3) is 0.375. The number of carboxylic acids is 1. The van der Waals surface area contributed by atoms with Crippen molar-refractivity contribution in [1.29, 1.82) is 0 Å². The molecule has 2 aromatic rings. The van der Waals surface area contributed by atoms with Gasteiger partial charge in [-0.1, -0.05) is 6.07 Å². The van der Waals surface area contributed by atoms with Crippen molar-refractivity contribution in [2.45, 2.75) is 26.1 Å². The predicted octanol–water partition coefficient (Wildman–Crippen LogP) is 2.66. The lowest BCUT2D eigenvalue weighted by Crippen LogP contribution is -2.51. The van der Waals surface area contributed by atoms with E-state index in [9.17, 15) is 14.0 Å². The molecular formula is C16H16FNO4S. The zero-order valence-corrected chi connectivity index (χ0v) is 13.5. The molecule has 122 valence electrons. The van der Waals surface area contributed by atoms with Crippen LogP contribution >= 0.6 is 11.3 Å². The van der Waals surface area contributed by atoms with Crippen LogP contribution in [0.25, 0.3) is 10.1 Å². The lowest BCUT2D eigenvalue weighted by atomic mass is 10.1. The highest BCUT2D eigenvalue weighted by atomic mass is 32.1. The van der Waals surface area contributed by atoms with Gasteiger partial charge in [0.1, 0.15) is 5.82 Å². The van der Waals surface area contributed by atoms with E-state index >= 15 is 0 Å². The predicted molar refractivity (Wildman–Crippen MR) is 84.4 cm³/mol. The van der Waals surface area contributed by atoms with Crippen molar-refractivity contribution in [3.8, 4) is 0 Å². The van der Waals surface area contributed by atoms with Crippen molar-refractivity contribution in [2.24, 2.45) is 0 Å². The fourth-order valence-corrected chi connectivity index (χ4v) is 4.00. The molecule has 7 heteroatoms.